The van der Waals surface area contributed by atoms with Crippen molar-refractivity contribution in [3.05, 3.63) is 64.6 Å². The molecule has 5 heteroatoms. The maximum Gasteiger partial charge on any atom is 0.180 e. The van der Waals surface area contributed by atoms with Crippen LogP contribution in [0.15, 0.2) is 42.6 Å². The summed E-state index contributed by atoms with van der Waals surface area (Å²) in [5, 5.41) is 0.719. The van der Waals surface area contributed by atoms with Gasteiger partial charge < -0.3 is 4.74 Å². The van der Waals surface area contributed by atoms with Crippen molar-refractivity contribution >= 4 is 28.8 Å². The molecule has 0 aliphatic rings. The maximum absolute atomic E-state index is 5.98. The van der Waals surface area contributed by atoms with E-state index in [1.165, 1.54) is 0 Å². The van der Waals surface area contributed by atoms with Crippen molar-refractivity contribution < 1.29 is 4.74 Å². The van der Waals surface area contributed by atoms with Crippen LogP contribution in [-0.4, -0.2) is 9.38 Å². The predicted molar refractivity (Wildman–Crippen MR) is 85.3 cm³/mol. The predicted octanol–water partition coefficient (Wildman–Crippen LogP) is 4.61. The molecule has 1 aromatic carbocycles. The first kappa shape index (κ1) is 14.2. The molecular weight excluding hydrogens is 307 g/mol. The molecule has 108 valence electrons. The Morgan fingerprint density at radius 3 is 2.67 bits per heavy atom. The summed E-state index contributed by atoms with van der Waals surface area (Å²) < 4.78 is 7.86. The number of benzene rings is 1. The van der Waals surface area contributed by atoms with Crippen LogP contribution in [0.5, 0.6) is 5.75 Å². The summed E-state index contributed by atoms with van der Waals surface area (Å²) in [5.41, 5.74) is 3.76. The molecule has 0 fully saturated rings. The summed E-state index contributed by atoms with van der Waals surface area (Å²) >= 11 is 11.9. The quantitative estimate of drug-likeness (QED) is 0.656. The number of alkyl halides is 1. The van der Waals surface area contributed by atoms with E-state index in [0.717, 1.165) is 33.4 Å². The second kappa shape index (κ2) is 5.96. The number of nitrogens with zero attached hydrogens (tertiary/aromatic N) is 2. The van der Waals surface area contributed by atoms with Gasteiger partial charge in [-0.25, -0.2) is 4.98 Å². The zero-order valence-electron chi connectivity index (χ0n) is 11.5. The van der Waals surface area contributed by atoms with Crippen molar-refractivity contribution in [2.45, 2.75) is 19.4 Å². The van der Waals surface area contributed by atoms with Gasteiger partial charge in [0.2, 0.25) is 0 Å². The highest BCUT2D eigenvalue weighted by molar-refractivity contribution is 6.30. The van der Waals surface area contributed by atoms with Gasteiger partial charge in [0, 0.05) is 11.2 Å². The number of ether oxygens (including phenoxy) is 1. The number of halogens is 2. The van der Waals surface area contributed by atoms with Crippen LogP contribution in [-0.2, 0) is 12.5 Å². The SMILES string of the molecule is Cc1nc2c(OCc3ccc(Cl)cc3)cccn2c1CCl. The van der Waals surface area contributed by atoms with Crippen LogP contribution in [0.3, 0.4) is 0 Å². The van der Waals surface area contributed by atoms with Crippen LogP contribution in [0.1, 0.15) is 17.0 Å². The molecule has 0 saturated carbocycles. The molecule has 2 heterocycles. The van der Waals surface area contributed by atoms with Crippen molar-refractivity contribution in [3.8, 4) is 5.75 Å². The number of imidazole rings is 1. The van der Waals surface area contributed by atoms with Gasteiger partial charge in [-0.05, 0) is 36.8 Å². The minimum Gasteiger partial charge on any atom is -0.485 e. The van der Waals surface area contributed by atoms with Gasteiger partial charge in [0.1, 0.15) is 6.61 Å². The average molecular weight is 321 g/mol. The lowest BCUT2D eigenvalue weighted by molar-refractivity contribution is 0.308. The van der Waals surface area contributed by atoms with Gasteiger partial charge >= 0.3 is 0 Å². The summed E-state index contributed by atoms with van der Waals surface area (Å²) in [6.45, 7) is 2.42. The first-order valence-corrected chi connectivity index (χ1v) is 7.50. The zero-order chi connectivity index (χ0) is 14.8. The van der Waals surface area contributed by atoms with Gasteiger partial charge in [0.05, 0.1) is 17.3 Å². The van der Waals surface area contributed by atoms with E-state index in [4.69, 9.17) is 27.9 Å². The van der Waals surface area contributed by atoms with E-state index < -0.39 is 0 Å². The minimum atomic E-state index is 0.424. The Kier molecular flexibility index (Phi) is 4.04. The number of hydrogen-bond acceptors (Lipinski definition) is 2. The Hall–Kier alpha value is -1.71. The fourth-order valence-electron chi connectivity index (χ4n) is 2.22. The number of fused-ring (bicyclic) bond motifs is 1. The molecule has 3 nitrogen and oxygen atoms in total. The Morgan fingerprint density at radius 2 is 1.95 bits per heavy atom. The smallest absolute Gasteiger partial charge is 0.180 e. The van der Waals surface area contributed by atoms with Crippen LogP contribution in [0.2, 0.25) is 5.02 Å². The van der Waals surface area contributed by atoms with Crippen LogP contribution in [0.4, 0.5) is 0 Å². The van der Waals surface area contributed by atoms with E-state index in [1.807, 2.05) is 53.9 Å². The number of rotatable bonds is 4. The van der Waals surface area contributed by atoms with Gasteiger partial charge in [-0.15, -0.1) is 11.6 Å². The number of hydrogen-bond donors (Lipinski definition) is 0. The first-order valence-electron chi connectivity index (χ1n) is 6.59. The second-order valence-corrected chi connectivity index (χ2v) is 5.46. The number of aromatic nitrogens is 2. The zero-order valence-corrected chi connectivity index (χ0v) is 13.0. The average Bonchev–Trinajstić information content (AvgIpc) is 2.82. The van der Waals surface area contributed by atoms with Crippen molar-refractivity contribution in [1.82, 2.24) is 9.38 Å². The lowest BCUT2D eigenvalue weighted by atomic mass is 10.2. The molecule has 21 heavy (non-hydrogen) atoms. The van der Waals surface area contributed by atoms with Crippen LogP contribution in [0.25, 0.3) is 5.65 Å². The lowest BCUT2D eigenvalue weighted by Gasteiger charge is -2.08. The molecule has 0 saturated heterocycles. The molecule has 0 atom stereocenters. The standard InChI is InChI=1S/C16H14Cl2N2O/c1-11-14(9-17)20-8-2-3-15(16(20)19-11)21-10-12-4-6-13(18)7-5-12/h2-8H,9-10H2,1H3. The largest absolute Gasteiger partial charge is 0.485 e. The molecule has 0 radical (unpaired) electrons. The molecule has 3 aromatic rings. The van der Waals surface area contributed by atoms with Crippen molar-refractivity contribution in [2.75, 3.05) is 0 Å². The van der Waals surface area contributed by atoms with Crippen LogP contribution >= 0.6 is 23.2 Å². The van der Waals surface area contributed by atoms with Gasteiger partial charge in [-0.3, -0.25) is 4.40 Å². The maximum atomic E-state index is 5.98. The first-order chi connectivity index (χ1) is 10.2. The molecule has 0 amide bonds. The number of aryl methyl sites for hydroxylation is 1. The molecule has 0 aliphatic heterocycles. The van der Waals surface area contributed by atoms with Crippen molar-refractivity contribution in [2.24, 2.45) is 0 Å². The summed E-state index contributed by atoms with van der Waals surface area (Å²) in [4.78, 5) is 4.54. The fraction of sp³-hybridized carbons (Fsp3) is 0.188. The summed E-state index contributed by atoms with van der Waals surface area (Å²) in [6.07, 6.45) is 1.95. The summed E-state index contributed by atoms with van der Waals surface area (Å²) in [7, 11) is 0. The van der Waals surface area contributed by atoms with E-state index in [0.29, 0.717) is 12.5 Å². The molecule has 3 rings (SSSR count). The topological polar surface area (TPSA) is 26.5 Å². The third-order valence-corrected chi connectivity index (χ3v) is 3.85. The summed E-state index contributed by atoms with van der Waals surface area (Å²) in [5.74, 6) is 1.17. The Labute approximate surface area is 133 Å². The molecule has 0 bridgehead atoms. The van der Waals surface area contributed by atoms with Gasteiger partial charge in [-0.2, -0.15) is 0 Å². The fourth-order valence-corrected chi connectivity index (χ4v) is 2.67. The van der Waals surface area contributed by atoms with Crippen molar-refractivity contribution in [1.29, 1.82) is 0 Å². The Morgan fingerprint density at radius 1 is 1.19 bits per heavy atom. The molecule has 2 aromatic heterocycles. The monoisotopic (exact) mass is 320 g/mol. The second-order valence-electron chi connectivity index (χ2n) is 4.76. The molecule has 0 spiro atoms. The molecule has 0 aliphatic carbocycles. The highest BCUT2D eigenvalue weighted by Crippen LogP contribution is 2.24. The van der Waals surface area contributed by atoms with Crippen LogP contribution < -0.4 is 4.74 Å². The van der Waals surface area contributed by atoms with Crippen LogP contribution in [0, 0.1) is 6.92 Å². The molecule has 0 unspecified atom stereocenters. The number of pyridine rings is 1. The Bertz CT molecular complexity index is 766. The normalized spacial score (nSPS) is 11.0. The van der Waals surface area contributed by atoms with Gasteiger partial charge in [0.25, 0.3) is 0 Å². The van der Waals surface area contributed by atoms with E-state index in [-0.39, 0.29) is 0 Å². The van der Waals surface area contributed by atoms with Gasteiger partial charge in [0.15, 0.2) is 11.4 Å². The lowest BCUT2D eigenvalue weighted by Crippen LogP contribution is -1.98. The Balaban J connectivity index is 1.88. The van der Waals surface area contributed by atoms with E-state index in [9.17, 15) is 0 Å². The molecule has 0 N–H and O–H groups in total. The highest BCUT2D eigenvalue weighted by Gasteiger charge is 2.11. The minimum absolute atomic E-state index is 0.424. The van der Waals surface area contributed by atoms with E-state index >= 15 is 0 Å². The summed E-state index contributed by atoms with van der Waals surface area (Å²) in [6, 6.07) is 11.4. The van der Waals surface area contributed by atoms with E-state index in [1.54, 1.807) is 0 Å². The van der Waals surface area contributed by atoms with E-state index in [2.05, 4.69) is 4.98 Å². The highest BCUT2D eigenvalue weighted by atomic mass is 35.5. The van der Waals surface area contributed by atoms with Crippen molar-refractivity contribution in [3.63, 3.8) is 0 Å². The third-order valence-electron chi connectivity index (χ3n) is 3.35. The third kappa shape index (κ3) is 2.85. The van der Waals surface area contributed by atoms with Gasteiger partial charge in [-0.1, -0.05) is 23.7 Å². The molecular formula is C16H14Cl2N2O.